The van der Waals surface area contributed by atoms with Crippen LogP contribution >= 0.6 is 12.2 Å². The van der Waals surface area contributed by atoms with E-state index in [4.69, 9.17) is 26.4 Å². The normalized spacial score (nSPS) is 10.4. The molecular weight excluding hydrogens is 338 g/mol. The third kappa shape index (κ3) is 5.65. The molecule has 2 N–H and O–H groups in total. The van der Waals surface area contributed by atoms with Crippen molar-refractivity contribution in [2.24, 2.45) is 5.10 Å². The number of hydrazone groups is 1. The second kappa shape index (κ2) is 9.48. The smallest absolute Gasteiger partial charge is 0.191 e. The van der Waals surface area contributed by atoms with Gasteiger partial charge < -0.3 is 19.5 Å². The summed E-state index contributed by atoms with van der Waals surface area (Å²) in [7, 11) is 3.19. The van der Waals surface area contributed by atoms with E-state index in [0.29, 0.717) is 23.2 Å². The Labute approximate surface area is 152 Å². The minimum atomic E-state index is 0.390. The molecule has 0 saturated carbocycles. The first kappa shape index (κ1) is 18.5. The van der Waals surface area contributed by atoms with Crippen molar-refractivity contribution in [2.45, 2.75) is 6.92 Å². The first-order valence-electron chi connectivity index (χ1n) is 7.71. The average molecular weight is 359 g/mol. The molecule has 0 aromatic heterocycles. The van der Waals surface area contributed by atoms with Crippen LogP contribution in [0.1, 0.15) is 12.5 Å². The summed E-state index contributed by atoms with van der Waals surface area (Å²) in [5, 5.41) is 7.55. The molecule has 2 aromatic rings. The second-order valence-corrected chi connectivity index (χ2v) is 5.30. The molecule has 2 aromatic carbocycles. The maximum atomic E-state index is 5.40. The third-order valence-electron chi connectivity index (χ3n) is 3.21. The van der Waals surface area contributed by atoms with Gasteiger partial charge in [0.25, 0.3) is 0 Å². The summed E-state index contributed by atoms with van der Waals surface area (Å²) >= 11 is 5.21. The Morgan fingerprint density at radius 2 is 1.80 bits per heavy atom. The summed E-state index contributed by atoms with van der Waals surface area (Å²) in [6.45, 7) is 2.58. The van der Waals surface area contributed by atoms with Crippen molar-refractivity contribution in [1.29, 1.82) is 0 Å². The number of methoxy groups -OCH3 is 2. The molecular formula is C18H21N3O3S. The largest absolute Gasteiger partial charge is 0.494 e. The molecule has 2 rings (SSSR count). The second-order valence-electron chi connectivity index (χ2n) is 4.90. The van der Waals surface area contributed by atoms with E-state index in [1.54, 1.807) is 20.4 Å². The molecule has 7 heteroatoms. The lowest BCUT2D eigenvalue weighted by molar-refractivity contribution is 0.340. The number of nitrogens with one attached hydrogen (secondary N) is 2. The lowest BCUT2D eigenvalue weighted by atomic mass is 10.2. The first-order valence-corrected chi connectivity index (χ1v) is 8.12. The van der Waals surface area contributed by atoms with E-state index in [9.17, 15) is 0 Å². The SMILES string of the molecule is CCOc1ccc(NC(=S)N/N=C\c2ccc(OC)c(OC)c2)cc1. The fourth-order valence-electron chi connectivity index (χ4n) is 2.06. The Bertz CT molecular complexity index is 733. The van der Waals surface area contributed by atoms with Gasteiger partial charge in [0, 0.05) is 5.69 Å². The molecule has 6 nitrogen and oxygen atoms in total. The van der Waals surface area contributed by atoms with Crippen LogP contribution in [0, 0.1) is 0 Å². The maximum absolute atomic E-state index is 5.40. The molecule has 0 aliphatic rings. The summed E-state index contributed by atoms with van der Waals surface area (Å²) in [6.07, 6.45) is 1.65. The fraction of sp³-hybridized carbons (Fsp3) is 0.222. The van der Waals surface area contributed by atoms with Crippen LogP contribution in [0.25, 0.3) is 0 Å². The van der Waals surface area contributed by atoms with Crippen LogP contribution in [0.15, 0.2) is 47.6 Å². The molecule has 0 unspecified atom stereocenters. The van der Waals surface area contributed by atoms with Gasteiger partial charge in [0.15, 0.2) is 16.6 Å². The van der Waals surface area contributed by atoms with Crippen molar-refractivity contribution in [3.05, 3.63) is 48.0 Å². The summed E-state index contributed by atoms with van der Waals surface area (Å²) < 4.78 is 15.9. The van der Waals surface area contributed by atoms with Gasteiger partial charge in [-0.2, -0.15) is 5.10 Å². The highest BCUT2D eigenvalue weighted by Gasteiger charge is 2.03. The zero-order valence-electron chi connectivity index (χ0n) is 14.4. The van der Waals surface area contributed by atoms with Gasteiger partial charge in [0.2, 0.25) is 0 Å². The zero-order chi connectivity index (χ0) is 18.1. The number of rotatable bonds is 7. The summed E-state index contributed by atoms with van der Waals surface area (Å²) in [6, 6.07) is 13.0. The van der Waals surface area contributed by atoms with Crippen molar-refractivity contribution in [2.75, 3.05) is 26.1 Å². The van der Waals surface area contributed by atoms with Crippen molar-refractivity contribution in [3.8, 4) is 17.2 Å². The standard InChI is InChI=1S/C18H21N3O3S/c1-4-24-15-8-6-14(7-9-15)20-18(25)21-19-12-13-5-10-16(22-2)17(11-13)23-3/h5-12H,4H2,1-3H3,(H2,20,21,25)/b19-12-. The predicted octanol–water partition coefficient (Wildman–Crippen LogP) is 3.42. The highest BCUT2D eigenvalue weighted by atomic mass is 32.1. The van der Waals surface area contributed by atoms with E-state index in [0.717, 1.165) is 17.0 Å². The molecule has 0 fully saturated rings. The molecule has 0 heterocycles. The molecule has 0 bridgehead atoms. The lowest BCUT2D eigenvalue weighted by Crippen LogP contribution is -2.23. The van der Waals surface area contributed by atoms with E-state index in [1.165, 1.54) is 0 Å². The molecule has 0 aliphatic carbocycles. The Morgan fingerprint density at radius 3 is 2.44 bits per heavy atom. The van der Waals surface area contributed by atoms with Crippen molar-refractivity contribution in [1.82, 2.24) is 5.43 Å². The molecule has 132 valence electrons. The monoisotopic (exact) mass is 359 g/mol. The summed E-state index contributed by atoms with van der Waals surface area (Å²) in [5.41, 5.74) is 4.48. The van der Waals surface area contributed by atoms with Crippen LogP contribution in [0.2, 0.25) is 0 Å². The molecule has 0 radical (unpaired) electrons. The van der Waals surface area contributed by atoms with Crippen LogP contribution in [0.5, 0.6) is 17.2 Å². The topological polar surface area (TPSA) is 64.1 Å². The van der Waals surface area contributed by atoms with E-state index in [1.807, 2.05) is 49.4 Å². The number of anilines is 1. The first-order chi connectivity index (χ1) is 12.2. The van der Waals surface area contributed by atoms with Crippen molar-refractivity contribution in [3.63, 3.8) is 0 Å². The van der Waals surface area contributed by atoms with Crippen LogP contribution < -0.4 is 25.0 Å². The summed E-state index contributed by atoms with van der Waals surface area (Å²) in [4.78, 5) is 0. The Kier molecular flexibility index (Phi) is 7.03. The number of hydrogen-bond donors (Lipinski definition) is 2. The summed E-state index contributed by atoms with van der Waals surface area (Å²) in [5.74, 6) is 2.13. The molecule has 0 amide bonds. The van der Waals surface area contributed by atoms with Gasteiger partial charge in [-0.05, 0) is 67.2 Å². The predicted molar refractivity (Wildman–Crippen MR) is 104 cm³/mol. The van der Waals surface area contributed by atoms with Gasteiger partial charge in [-0.15, -0.1) is 0 Å². The number of benzene rings is 2. The van der Waals surface area contributed by atoms with Crippen LogP contribution in [-0.4, -0.2) is 32.2 Å². The van der Waals surface area contributed by atoms with Gasteiger partial charge in [-0.1, -0.05) is 0 Å². The van der Waals surface area contributed by atoms with Crippen molar-refractivity contribution < 1.29 is 14.2 Å². The maximum Gasteiger partial charge on any atom is 0.191 e. The van der Waals surface area contributed by atoms with Gasteiger partial charge >= 0.3 is 0 Å². The molecule has 0 spiro atoms. The Morgan fingerprint density at radius 1 is 1.08 bits per heavy atom. The van der Waals surface area contributed by atoms with E-state index in [-0.39, 0.29) is 0 Å². The van der Waals surface area contributed by atoms with E-state index >= 15 is 0 Å². The molecule has 0 aliphatic heterocycles. The highest BCUT2D eigenvalue weighted by Crippen LogP contribution is 2.26. The Balaban J connectivity index is 1.89. The number of thiocarbonyl (C=S) groups is 1. The fourth-order valence-corrected chi connectivity index (χ4v) is 2.23. The number of ether oxygens (including phenoxy) is 3. The van der Waals surface area contributed by atoms with Crippen LogP contribution in [0.3, 0.4) is 0 Å². The third-order valence-corrected chi connectivity index (χ3v) is 3.40. The van der Waals surface area contributed by atoms with Crippen molar-refractivity contribution >= 4 is 29.2 Å². The number of hydrogen-bond acceptors (Lipinski definition) is 5. The Hall–Kier alpha value is -2.80. The molecule has 0 saturated heterocycles. The quantitative estimate of drug-likeness (QED) is 0.449. The molecule has 25 heavy (non-hydrogen) atoms. The minimum Gasteiger partial charge on any atom is -0.494 e. The highest BCUT2D eigenvalue weighted by molar-refractivity contribution is 7.80. The van der Waals surface area contributed by atoms with Gasteiger partial charge in [-0.25, -0.2) is 0 Å². The zero-order valence-corrected chi connectivity index (χ0v) is 15.2. The van der Waals surface area contributed by atoms with E-state index < -0.39 is 0 Å². The minimum absolute atomic E-state index is 0.390. The van der Waals surface area contributed by atoms with Crippen LogP contribution in [0.4, 0.5) is 5.69 Å². The molecule has 0 atom stereocenters. The van der Waals surface area contributed by atoms with Gasteiger partial charge in [0.1, 0.15) is 5.75 Å². The lowest BCUT2D eigenvalue weighted by Gasteiger charge is -2.09. The number of nitrogens with zero attached hydrogens (tertiary/aromatic N) is 1. The van der Waals surface area contributed by atoms with Gasteiger partial charge in [0.05, 0.1) is 27.0 Å². The van der Waals surface area contributed by atoms with Gasteiger partial charge in [-0.3, -0.25) is 5.43 Å². The van der Waals surface area contributed by atoms with E-state index in [2.05, 4.69) is 15.8 Å². The van der Waals surface area contributed by atoms with Crippen LogP contribution in [-0.2, 0) is 0 Å². The average Bonchev–Trinajstić information content (AvgIpc) is 2.63.